The van der Waals surface area contributed by atoms with Gasteiger partial charge in [-0.05, 0) is 12.1 Å². The van der Waals surface area contributed by atoms with Crippen molar-refractivity contribution in [2.45, 2.75) is 6.92 Å². The second kappa shape index (κ2) is 5.89. The van der Waals surface area contributed by atoms with E-state index in [9.17, 15) is 9.59 Å². The highest BCUT2D eigenvalue weighted by Crippen LogP contribution is 2.22. The number of hydrogen-bond donors (Lipinski definition) is 0. The minimum atomic E-state index is -0.492. The molecule has 0 amide bonds. The first-order valence-electron chi connectivity index (χ1n) is 4.96. The Morgan fingerprint density at radius 2 is 1.59 bits per heavy atom. The van der Waals surface area contributed by atoms with E-state index in [-0.39, 0.29) is 12.4 Å². The van der Waals surface area contributed by atoms with Crippen molar-refractivity contribution in [1.82, 2.24) is 0 Å². The minimum Gasteiger partial charge on any atom is -0.497 e. The third kappa shape index (κ3) is 3.79. The van der Waals surface area contributed by atoms with Crippen LogP contribution in [0.5, 0.6) is 11.5 Å². The molecule has 0 aromatic heterocycles. The number of esters is 1. The average Bonchev–Trinajstić information content (AvgIpc) is 2.34. The van der Waals surface area contributed by atoms with Gasteiger partial charge < -0.3 is 14.2 Å². The number of carbonyl (C=O) groups is 2. The summed E-state index contributed by atoms with van der Waals surface area (Å²) in [6.45, 7) is 0.963. The van der Waals surface area contributed by atoms with E-state index in [2.05, 4.69) is 4.74 Å². The molecule has 0 N–H and O–H groups in total. The van der Waals surface area contributed by atoms with E-state index in [0.717, 1.165) is 0 Å². The molecule has 5 nitrogen and oxygen atoms in total. The van der Waals surface area contributed by atoms with E-state index in [4.69, 9.17) is 9.47 Å². The number of rotatable bonds is 5. The van der Waals surface area contributed by atoms with E-state index >= 15 is 0 Å². The Kier molecular flexibility index (Phi) is 4.51. The van der Waals surface area contributed by atoms with Gasteiger partial charge >= 0.3 is 5.97 Å². The van der Waals surface area contributed by atoms with E-state index in [1.54, 1.807) is 18.2 Å². The zero-order chi connectivity index (χ0) is 12.8. The van der Waals surface area contributed by atoms with Crippen molar-refractivity contribution in [2.24, 2.45) is 0 Å². The molecule has 0 atom stereocenters. The van der Waals surface area contributed by atoms with Crippen LogP contribution in [0.25, 0.3) is 0 Å². The van der Waals surface area contributed by atoms with E-state index < -0.39 is 5.97 Å². The molecule has 0 fully saturated rings. The van der Waals surface area contributed by atoms with Gasteiger partial charge in [0, 0.05) is 18.6 Å². The first kappa shape index (κ1) is 13.0. The van der Waals surface area contributed by atoms with Crippen LogP contribution in [0.15, 0.2) is 18.2 Å². The second-order valence-electron chi connectivity index (χ2n) is 3.30. The van der Waals surface area contributed by atoms with Gasteiger partial charge in [0.25, 0.3) is 0 Å². The molecule has 0 aliphatic heterocycles. The minimum absolute atomic E-state index is 0.286. The summed E-state index contributed by atoms with van der Waals surface area (Å²) in [4.78, 5) is 22.3. The maximum absolute atomic E-state index is 11.7. The summed E-state index contributed by atoms with van der Waals surface area (Å²) in [6, 6.07) is 4.78. The van der Waals surface area contributed by atoms with Gasteiger partial charge in [0.1, 0.15) is 11.5 Å². The van der Waals surface area contributed by atoms with Crippen LogP contribution in [0.2, 0.25) is 0 Å². The smallest absolute Gasteiger partial charge is 0.303 e. The molecule has 92 valence electrons. The number of methoxy groups -OCH3 is 2. The Hall–Kier alpha value is -2.04. The molecule has 0 aliphatic rings. The fraction of sp³-hybridized carbons (Fsp3) is 0.333. The van der Waals surface area contributed by atoms with E-state index in [1.165, 1.54) is 21.1 Å². The Labute approximate surface area is 99.3 Å². The van der Waals surface area contributed by atoms with Crippen molar-refractivity contribution in [3.05, 3.63) is 23.8 Å². The molecule has 0 radical (unpaired) electrons. The molecule has 0 saturated heterocycles. The molecule has 0 bridgehead atoms. The van der Waals surface area contributed by atoms with Gasteiger partial charge in [-0.2, -0.15) is 0 Å². The number of ether oxygens (including phenoxy) is 3. The Morgan fingerprint density at radius 1 is 1.06 bits per heavy atom. The number of benzene rings is 1. The number of carbonyl (C=O) groups excluding carboxylic acids is 2. The van der Waals surface area contributed by atoms with Gasteiger partial charge in [0.2, 0.25) is 5.78 Å². The number of ketones is 1. The molecule has 0 unspecified atom stereocenters. The summed E-state index contributed by atoms with van der Waals surface area (Å²) in [5.74, 6) is 0.219. The van der Waals surface area contributed by atoms with Crippen LogP contribution < -0.4 is 9.47 Å². The van der Waals surface area contributed by atoms with Gasteiger partial charge in [-0.15, -0.1) is 0 Å². The van der Waals surface area contributed by atoms with Crippen molar-refractivity contribution < 1.29 is 23.8 Å². The highest BCUT2D eigenvalue weighted by molar-refractivity contribution is 5.98. The van der Waals surface area contributed by atoms with Crippen LogP contribution in [0, 0.1) is 0 Å². The largest absolute Gasteiger partial charge is 0.497 e. The Balaban J connectivity index is 2.88. The third-order valence-electron chi connectivity index (χ3n) is 2.08. The molecule has 0 spiro atoms. The summed E-state index contributed by atoms with van der Waals surface area (Å²) >= 11 is 0. The third-order valence-corrected chi connectivity index (χ3v) is 2.08. The summed E-state index contributed by atoms with van der Waals surface area (Å²) in [6.07, 6.45) is 0. The average molecular weight is 238 g/mol. The molecule has 1 aromatic carbocycles. The first-order valence-corrected chi connectivity index (χ1v) is 4.96. The standard InChI is InChI=1S/C12H14O5/c1-8(13)17-7-12(14)9-4-10(15-2)6-11(5-9)16-3/h4-6H,7H2,1-3H3. The lowest BCUT2D eigenvalue weighted by Crippen LogP contribution is -2.12. The van der Waals surface area contributed by atoms with Crippen molar-refractivity contribution in [1.29, 1.82) is 0 Å². The maximum atomic E-state index is 11.7. The predicted octanol–water partition coefficient (Wildman–Crippen LogP) is 1.45. The van der Waals surface area contributed by atoms with Gasteiger partial charge in [-0.25, -0.2) is 0 Å². The normalized spacial score (nSPS) is 9.59. The molecular weight excluding hydrogens is 224 g/mol. The quantitative estimate of drug-likeness (QED) is 0.574. The number of hydrogen-bond acceptors (Lipinski definition) is 5. The highest BCUT2D eigenvalue weighted by atomic mass is 16.5. The number of Topliss-reactive ketones (excluding diaryl/α,β-unsaturated/α-hetero) is 1. The molecule has 17 heavy (non-hydrogen) atoms. The van der Waals surface area contributed by atoms with Crippen molar-refractivity contribution in [3.63, 3.8) is 0 Å². The lowest BCUT2D eigenvalue weighted by atomic mass is 10.1. The lowest BCUT2D eigenvalue weighted by Gasteiger charge is -2.07. The van der Waals surface area contributed by atoms with Gasteiger partial charge in [0.15, 0.2) is 6.61 Å². The van der Waals surface area contributed by atoms with Crippen LogP contribution >= 0.6 is 0 Å². The first-order chi connectivity index (χ1) is 8.06. The van der Waals surface area contributed by atoms with Crippen LogP contribution in [0.1, 0.15) is 17.3 Å². The Bertz CT molecular complexity index is 403. The van der Waals surface area contributed by atoms with Crippen LogP contribution in [0.4, 0.5) is 0 Å². The molecular formula is C12H14O5. The topological polar surface area (TPSA) is 61.8 Å². The molecule has 0 aliphatic carbocycles. The van der Waals surface area contributed by atoms with Crippen LogP contribution in [-0.4, -0.2) is 32.6 Å². The zero-order valence-corrected chi connectivity index (χ0v) is 9.98. The SMILES string of the molecule is COc1cc(OC)cc(C(=O)COC(C)=O)c1. The molecule has 0 saturated carbocycles. The van der Waals surface area contributed by atoms with Gasteiger partial charge in [0.05, 0.1) is 14.2 Å². The maximum Gasteiger partial charge on any atom is 0.303 e. The summed E-state index contributed by atoms with van der Waals surface area (Å²) < 4.78 is 14.7. The summed E-state index contributed by atoms with van der Waals surface area (Å²) in [5, 5.41) is 0. The van der Waals surface area contributed by atoms with Crippen LogP contribution in [0.3, 0.4) is 0 Å². The van der Waals surface area contributed by atoms with Crippen LogP contribution in [-0.2, 0) is 9.53 Å². The summed E-state index contributed by atoms with van der Waals surface area (Å²) in [5.41, 5.74) is 0.377. The van der Waals surface area contributed by atoms with Crippen molar-refractivity contribution in [3.8, 4) is 11.5 Å². The molecule has 5 heteroatoms. The highest BCUT2D eigenvalue weighted by Gasteiger charge is 2.11. The van der Waals surface area contributed by atoms with E-state index in [0.29, 0.717) is 17.1 Å². The lowest BCUT2D eigenvalue weighted by molar-refractivity contribution is -0.139. The fourth-order valence-electron chi connectivity index (χ4n) is 1.22. The molecule has 0 heterocycles. The second-order valence-corrected chi connectivity index (χ2v) is 3.30. The van der Waals surface area contributed by atoms with Crippen molar-refractivity contribution >= 4 is 11.8 Å². The summed E-state index contributed by atoms with van der Waals surface area (Å²) in [7, 11) is 2.99. The fourth-order valence-corrected chi connectivity index (χ4v) is 1.22. The Morgan fingerprint density at radius 3 is 2.00 bits per heavy atom. The monoisotopic (exact) mass is 238 g/mol. The zero-order valence-electron chi connectivity index (χ0n) is 9.98. The molecule has 1 aromatic rings. The van der Waals surface area contributed by atoms with E-state index in [1.807, 2.05) is 0 Å². The van der Waals surface area contributed by atoms with Gasteiger partial charge in [-0.1, -0.05) is 0 Å². The molecule has 1 rings (SSSR count). The predicted molar refractivity (Wildman–Crippen MR) is 60.5 cm³/mol. The van der Waals surface area contributed by atoms with Crippen molar-refractivity contribution in [2.75, 3.05) is 20.8 Å². The van der Waals surface area contributed by atoms with Gasteiger partial charge in [-0.3, -0.25) is 9.59 Å².